The molecule has 0 radical (unpaired) electrons. The minimum atomic E-state index is -0.294. The van der Waals surface area contributed by atoms with Gasteiger partial charge in [0.1, 0.15) is 23.9 Å². The molecule has 1 aliphatic heterocycles. The number of thioether (sulfide) groups is 1. The van der Waals surface area contributed by atoms with E-state index in [1.54, 1.807) is 19.7 Å². The van der Waals surface area contributed by atoms with Gasteiger partial charge in [-0.15, -0.1) is 10.2 Å². The predicted molar refractivity (Wildman–Crippen MR) is 125 cm³/mol. The van der Waals surface area contributed by atoms with Gasteiger partial charge < -0.3 is 9.15 Å². The molecule has 2 aromatic carbocycles. The number of hydrazone groups is 1. The van der Waals surface area contributed by atoms with Gasteiger partial charge in [-0.05, 0) is 54.1 Å². The fourth-order valence-electron chi connectivity index (χ4n) is 3.68. The first kappa shape index (κ1) is 21.0. The van der Waals surface area contributed by atoms with Crippen LogP contribution in [-0.2, 0) is 4.79 Å². The maximum absolute atomic E-state index is 13.3. The SMILES string of the molecule is COc1ccc(C2=NN(C(=O)CSc3nncn3-c3ccccc3)[C@H](c3ccco3)C2)cc1. The molecule has 166 valence electrons. The highest BCUT2D eigenvalue weighted by molar-refractivity contribution is 7.99. The zero-order valence-corrected chi connectivity index (χ0v) is 18.7. The van der Waals surface area contributed by atoms with Gasteiger partial charge in [-0.1, -0.05) is 30.0 Å². The predicted octanol–water partition coefficient (Wildman–Crippen LogP) is 4.34. The zero-order chi connectivity index (χ0) is 22.6. The lowest BCUT2D eigenvalue weighted by Crippen LogP contribution is -2.28. The Morgan fingerprint density at radius 3 is 2.67 bits per heavy atom. The molecule has 8 nitrogen and oxygen atoms in total. The molecular weight excluding hydrogens is 438 g/mol. The smallest absolute Gasteiger partial charge is 0.253 e. The van der Waals surface area contributed by atoms with Crippen LogP contribution in [0.5, 0.6) is 5.75 Å². The number of furan rings is 1. The number of benzene rings is 2. The molecule has 1 atom stereocenters. The van der Waals surface area contributed by atoms with E-state index >= 15 is 0 Å². The number of methoxy groups -OCH3 is 1. The molecule has 0 saturated heterocycles. The number of aromatic nitrogens is 3. The van der Waals surface area contributed by atoms with E-state index in [0.717, 1.165) is 22.7 Å². The van der Waals surface area contributed by atoms with E-state index in [2.05, 4.69) is 15.3 Å². The van der Waals surface area contributed by atoms with Crippen LogP contribution in [0.25, 0.3) is 5.69 Å². The van der Waals surface area contributed by atoms with Crippen molar-refractivity contribution in [3.05, 3.63) is 90.6 Å². The van der Waals surface area contributed by atoms with Gasteiger partial charge in [-0.25, -0.2) is 5.01 Å². The number of amides is 1. The molecule has 0 aliphatic carbocycles. The molecule has 9 heteroatoms. The van der Waals surface area contributed by atoms with Crippen molar-refractivity contribution in [2.24, 2.45) is 5.10 Å². The summed E-state index contributed by atoms with van der Waals surface area (Å²) in [7, 11) is 1.63. The molecule has 0 N–H and O–H groups in total. The Morgan fingerprint density at radius 2 is 1.94 bits per heavy atom. The number of para-hydroxylation sites is 1. The molecule has 2 aromatic heterocycles. The van der Waals surface area contributed by atoms with Crippen LogP contribution in [0.1, 0.15) is 23.8 Å². The highest BCUT2D eigenvalue weighted by Crippen LogP contribution is 2.34. The first-order chi connectivity index (χ1) is 16.2. The Hall–Kier alpha value is -3.85. The van der Waals surface area contributed by atoms with Crippen molar-refractivity contribution in [1.82, 2.24) is 19.8 Å². The fourth-order valence-corrected chi connectivity index (χ4v) is 4.46. The molecule has 4 aromatic rings. The number of rotatable bonds is 7. The first-order valence-corrected chi connectivity index (χ1v) is 11.4. The zero-order valence-electron chi connectivity index (χ0n) is 17.9. The largest absolute Gasteiger partial charge is 0.497 e. The van der Waals surface area contributed by atoms with Crippen molar-refractivity contribution in [2.45, 2.75) is 17.6 Å². The van der Waals surface area contributed by atoms with Crippen LogP contribution in [0.15, 0.2) is 94.0 Å². The summed E-state index contributed by atoms with van der Waals surface area (Å²) in [5.74, 6) is 1.51. The average Bonchev–Trinajstić information content (AvgIpc) is 3.63. The second-order valence-electron chi connectivity index (χ2n) is 7.36. The lowest BCUT2D eigenvalue weighted by atomic mass is 10.0. The van der Waals surface area contributed by atoms with E-state index in [9.17, 15) is 4.79 Å². The molecule has 0 spiro atoms. The van der Waals surface area contributed by atoms with Gasteiger partial charge in [-0.3, -0.25) is 9.36 Å². The van der Waals surface area contributed by atoms with Gasteiger partial charge in [0.25, 0.3) is 5.91 Å². The number of hydrogen-bond acceptors (Lipinski definition) is 7. The van der Waals surface area contributed by atoms with Crippen molar-refractivity contribution in [3.8, 4) is 11.4 Å². The third-order valence-corrected chi connectivity index (χ3v) is 6.26. The molecule has 0 fully saturated rings. The Balaban J connectivity index is 1.36. The summed E-state index contributed by atoms with van der Waals surface area (Å²) >= 11 is 1.33. The number of ether oxygens (including phenoxy) is 1. The molecule has 1 aliphatic rings. The lowest BCUT2D eigenvalue weighted by Gasteiger charge is -2.19. The molecule has 0 bridgehead atoms. The summed E-state index contributed by atoms with van der Waals surface area (Å²) in [6.45, 7) is 0. The Labute approximate surface area is 194 Å². The van der Waals surface area contributed by atoms with E-state index in [4.69, 9.17) is 9.15 Å². The van der Waals surface area contributed by atoms with E-state index in [1.165, 1.54) is 16.8 Å². The van der Waals surface area contributed by atoms with Gasteiger partial charge in [0, 0.05) is 12.1 Å². The fraction of sp³-hybridized carbons (Fsp3) is 0.167. The first-order valence-electron chi connectivity index (χ1n) is 10.4. The van der Waals surface area contributed by atoms with Crippen LogP contribution in [0, 0.1) is 0 Å². The monoisotopic (exact) mass is 459 g/mol. The van der Waals surface area contributed by atoms with E-state index < -0.39 is 0 Å². The summed E-state index contributed by atoms with van der Waals surface area (Å²) in [5.41, 5.74) is 2.70. The second kappa shape index (κ2) is 9.33. The highest BCUT2D eigenvalue weighted by Gasteiger charge is 2.35. The van der Waals surface area contributed by atoms with E-state index in [-0.39, 0.29) is 17.7 Å². The third kappa shape index (κ3) is 4.40. The summed E-state index contributed by atoms with van der Waals surface area (Å²) in [5, 5.41) is 15.0. The summed E-state index contributed by atoms with van der Waals surface area (Å²) in [4.78, 5) is 13.3. The molecule has 1 amide bonds. The second-order valence-corrected chi connectivity index (χ2v) is 8.30. The number of carbonyl (C=O) groups is 1. The Kier molecular flexibility index (Phi) is 5.95. The molecule has 0 unspecified atom stereocenters. The molecule has 3 heterocycles. The Morgan fingerprint density at radius 1 is 1.12 bits per heavy atom. The number of carbonyl (C=O) groups excluding carboxylic acids is 1. The lowest BCUT2D eigenvalue weighted by molar-refractivity contribution is -0.130. The van der Waals surface area contributed by atoms with Crippen LogP contribution < -0.4 is 4.74 Å². The van der Waals surface area contributed by atoms with Crippen molar-refractivity contribution >= 4 is 23.4 Å². The van der Waals surface area contributed by atoms with Gasteiger partial charge in [0.15, 0.2) is 5.16 Å². The molecule has 0 saturated carbocycles. The maximum Gasteiger partial charge on any atom is 0.253 e. The van der Waals surface area contributed by atoms with Crippen LogP contribution in [-0.4, -0.2) is 44.3 Å². The maximum atomic E-state index is 13.3. The highest BCUT2D eigenvalue weighted by atomic mass is 32.2. The minimum absolute atomic E-state index is 0.132. The van der Waals surface area contributed by atoms with Crippen molar-refractivity contribution in [3.63, 3.8) is 0 Å². The topological polar surface area (TPSA) is 85.8 Å². The number of nitrogens with zero attached hydrogens (tertiary/aromatic N) is 5. The van der Waals surface area contributed by atoms with Crippen LogP contribution >= 0.6 is 11.8 Å². The quantitative estimate of drug-likeness (QED) is 0.382. The van der Waals surface area contributed by atoms with Crippen molar-refractivity contribution < 1.29 is 13.9 Å². The van der Waals surface area contributed by atoms with Crippen molar-refractivity contribution in [1.29, 1.82) is 0 Å². The van der Waals surface area contributed by atoms with E-state index in [1.807, 2.05) is 71.3 Å². The number of hydrogen-bond donors (Lipinski definition) is 0. The average molecular weight is 460 g/mol. The summed E-state index contributed by atoms with van der Waals surface area (Å²) in [6, 6.07) is 20.8. The van der Waals surface area contributed by atoms with Crippen LogP contribution in [0.2, 0.25) is 0 Å². The standard InChI is InChI=1S/C24H21N5O3S/c1-31-19-11-9-17(10-12-19)20-14-21(22-8-5-13-32-22)29(27-20)23(30)15-33-24-26-25-16-28(24)18-6-3-2-4-7-18/h2-13,16,21H,14-15H2,1H3/t21-/m0/s1. The van der Waals surface area contributed by atoms with Crippen LogP contribution in [0.4, 0.5) is 0 Å². The van der Waals surface area contributed by atoms with Gasteiger partial charge in [0.2, 0.25) is 0 Å². The summed E-state index contributed by atoms with van der Waals surface area (Å²) in [6.07, 6.45) is 3.82. The Bertz CT molecular complexity index is 1250. The molecule has 33 heavy (non-hydrogen) atoms. The normalized spacial score (nSPS) is 15.5. The molecule has 5 rings (SSSR count). The minimum Gasteiger partial charge on any atom is -0.497 e. The van der Waals surface area contributed by atoms with Gasteiger partial charge in [-0.2, -0.15) is 5.10 Å². The van der Waals surface area contributed by atoms with E-state index in [0.29, 0.717) is 17.3 Å². The van der Waals surface area contributed by atoms with Gasteiger partial charge in [0.05, 0.1) is 24.8 Å². The van der Waals surface area contributed by atoms with Crippen molar-refractivity contribution in [2.75, 3.05) is 12.9 Å². The molecular formula is C24H21N5O3S. The summed E-state index contributed by atoms with van der Waals surface area (Å²) < 4.78 is 12.7. The third-order valence-electron chi connectivity index (χ3n) is 5.34. The van der Waals surface area contributed by atoms with Crippen LogP contribution in [0.3, 0.4) is 0 Å². The van der Waals surface area contributed by atoms with Gasteiger partial charge >= 0.3 is 0 Å².